The van der Waals surface area contributed by atoms with Crippen LogP contribution in [0.1, 0.15) is 18.1 Å². The van der Waals surface area contributed by atoms with E-state index in [0.717, 1.165) is 16.1 Å². The number of hydrazone groups is 1. The highest BCUT2D eigenvalue weighted by Gasteiger charge is 2.28. The molecule has 3 aromatic carbocycles. The van der Waals surface area contributed by atoms with Crippen molar-refractivity contribution in [2.75, 3.05) is 22.5 Å². The number of rotatable bonds is 10. The van der Waals surface area contributed by atoms with Gasteiger partial charge in [-0.15, -0.1) is 0 Å². The SMILES string of the molecule is Cc1ccc(NC(=O)COc2ccc(/C=N\NC(=O)[C@@H](C)N(c3ccccc3)S(C)(=O)=O)cc2)cc1. The van der Waals surface area contributed by atoms with Crippen LogP contribution in [0.25, 0.3) is 0 Å². The van der Waals surface area contributed by atoms with Crippen LogP contribution in [-0.4, -0.2) is 45.4 Å². The van der Waals surface area contributed by atoms with Gasteiger partial charge >= 0.3 is 0 Å². The van der Waals surface area contributed by atoms with Crippen molar-refractivity contribution in [3.8, 4) is 5.75 Å². The van der Waals surface area contributed by atoms with E-state index in [1.54, 1.807) is 54.6 Å². The minimum absolute atomic E-state index is 0.145. The zero-order valence-corrected chi connectivity index (χ0v) is 21.0. The molecule has 188 valence electrons. The molecule has 0 heterocycles. The second-order valence-electron chi connectivity index (χ2n) is 8.08. The highest BCUT2D eigenvalue weighted by molar-refractivity contribution is 7.92. The van der Waals surface area contributed by atoms with Crippen LogP contribution in [0, 0.1) is 6.92 Å². The van der Waals surface area contributed by atoms with Gasteiger partial charge in [-0.3, -0.25) is 13.9 Å². The molecule has 0 unspecified atom stereocenters. The number of anilines is 2. The first-order valence-corrected chi connectivity index (χ1v) is 12.9. The molecule has 0 saturated carbocycles. The molecule has 0 aromatic heterocycles. The molecule has 0 bridgehead atoms. The van der Waals surface area contributed by atoms with Gasteiger partial charge in [0.1, 0.15) is 11.8 Å². The Bertz CT molecular complexity index is 1310. The summed E-state index contributed by atoms with van der Waals surface area (Å²) in [6.45, 7) is 3.31. The van der Waals surface area contributed by atoms with Crippen LogP contribution < -0.4 is 19.8 Å². The summed E-state index contributed by atoms with van der Waals surface area (Å²) in [6.07, 6.45) is 2.47. The topological polar surface area (TPSA) is 117 Å². The molecule has 0 saturated heterocycles. The van der Waals surface area contributed by atoms with Crippen molar-refractivity contribution in [2.24, 2.45) is 5.10 Å². The Hall–Kier alpha value is -4.18. The van der Waals surface area contributed by atoms with Gasteiger partial charge in [0.25, 0.3) is 11.8 Å². The number of carbonyl (C=O) groups is 2. The van der Waals surface area contributed by atoms with Crippen molar-refractivity contribution < 1.29 is 22.7 Å². The third-order valence-electron chi connectivity index (χ3n) is 5.07. The van der Waals surface area contributed by atoms with Crippen molar-refractivity contribution in [1.82, 2.24) is 5.43 Å². The van der Waals surface area contributed by atoms with Crippen LogP contribution >= 0.6 is 0 Å². The number of amides is 2. The van der Waals surface area contributed by atoms with Crippen molar-refractivity contribution in [3.63, 3.8) is 0 Å². The monoisotopic (exact) mass is 508 g/mol. The van der Waals surface area contributed by atoms with E-state index in [1.165, 1.54) is 13.1 Å². The molecule has 3 aromatic rings. The first-order valence-electron chi connectivity index (χ1n) is 11.1. The number of nitrogens with one attached hydrogen (secondary N) is 2. The Kier molecular flexibility index (Phi) is 8.80. The van der Waals surface area contributed by atoms with Gasteiger partial charge in [-0.2, -0.15) is 5.10 Å². The lowest BCUT2D eigenvalue weighted by molar-refractivity contribution is -0.121. The quantitative estimate of drug-likeness (QED) is 0.322. The van der Waals surface area contributed by atoms with Crippen LogP contribution in [0.3, 0.4) is 0 Å². The van der Waals surface area contributed by atoms with Gasteiger partial charge in [-0.1, -0.05) is 35.9 Å². The molecule has 2 N–H and O–H groups in total. The predicted octanol–water partition coefficient (Wildman–Crippen LogP) is 3.32. The lowest BCUT2D eigenvalue weighted by Gasteiger charge is -2.27. The minimum Gasteiger partial charge on any atom is -0.484 e. The van der Waals surface area contributed by atoms with Crippen molar-refractivity contribution >= 4 is 39.4 Å². The fraction of sp³-hybridized carbons (Fsp3) is 0.192. The Morgan fingerprint density at radius 1 is 1.00 bits per heavy atom. The van der Waals surface area contributed by atoms with Gasteiger partial charge in [0, 0.05) is 5.69 Å². The van der Waals surface area contributed by atoms with Gasteiger partial charge in [-0.05, 0) is 67.9 Å². The molecule has 1 atom stereocenters. The van der Waals surface area contributed by atoms with Gasteiger partial charge < -0.3 is 10.1 Å². The average molecular weight is 509 g/mol. The van der Waals surface area contributed by atoms with Gasteiger partial charge in [0.15, 0.2) is 6.61 Å². The number of carbonyl (C=O) groups excluding carboxylic acids is 2. The summed E-state index contributed by atoms with van der Waals surface area (Å²) in [5, 5.41) is 6.69. The number of para-hydroxylation sites is 1. The number of benzene rings is 3. The summed E-state index contributed by atoms with van der Waals surface area (Å²) in [5.41, 5.74) is 5.22. The molecule has 0 aliphatic heterocycles. The predicted molar refractivity (Wildman–Crippen MR) is 141 cm³/mol. The lowest BCUT2D eigenvalue weighted by Crippen LogP contribution is -2.46. The van der Waals surface area contributed by atoms with Crippen LogP contribution in [0.5, 0.6) is 5.75 Å². The van der Waals surface area contributed by atoms with E-state index in [0.29, 0.717) is 22.7 Å². The first kappa shape index (κ1) is 26.4. The largest absolute Gasteiger partial charge is 0.484 e. The van der Waals surface area contributed by atoms with Crippen molar-refractivity contribution in [1.29, 1.82) is 0 Å². The number of aryl methyl sites for hydroxylation is 1. The summed E-state index contributed by atoms with van der Waals surface area (Å²) >= 11 is 0. The fourth-order valence-electron chi connectivity index (χ4n) is 3.28. The molecule has 2 amide bonds. The lowest BCUT2D eigenvalue weighted by atomic mass is 10.2. The average Bonchev–Trinajstić information content (AvgIpc) is 2.85. The Labute approximate surface area is 210 Å². The van der Waals surface area contributed by atoms with Crippen LogP contribution in [0.15, 0.2) is 84.0 Å². The standard InChI is InChI=1S/C26H28N4O5S/c1-19-9-13-22(14-10-19)28-25(31)18-35-24-15-11-21(12-16-24)17-27-29-26(32)20(2)30(36(3,33)34)23-7-5-4-6-8-23/h4-17,20H,18H2,1-3H3,(H,28,31)(H,29,32)/b27-17-/t20-/m1/s1. The molecule has 0 spiro atoms. The van der Waals surface area contributed by atoms with E-state index >= 15 is 0 Å². The Balaban J connectivity index is 1.51. The fourth-order valence-corrected chi connectivity index (χ4v) is 4.46. The van der Waals surface area contributed by atoms with Gasteiger partial charge in [0.2, 0.25) is 10.0 Å². The summed E-state index contributed by atoms with van der Waals surface area (Å²) in [4.78, 5) is 24.6. The zero-order chi connectivity index (χ0) is 26.1. The highest BCUT2D eigenvalue weighted by Crippen LogP contribution is 2.20. The van der Waals surface area contributed by atoms with E-state index in [2.05, 4.69) is 15.8 Å². The molecule has 10 heteroatoms. The van der Waals surface area contributed by atoms with Gasteiger partial charge in [-0.25, -0.2) is 13.8 Å². The maximum Gasteiger partial charge on any atom is 0.263 e. The molecule has 3 rings (SSSR count). The normalized spacial score (nSPS) is 12.1. The molecule has 36 heavy (non-hydrogen) atoms. The van der Waals surface area contributed by atoms with E-state index in [9.17, 15) is 18.0 Å². The number of ether oxygens (including phenoxy) is 1. The van der Waals surface area contributed by atoms with Crippen molar-refractivity contribution in [3.05, 3.63) is 90.0 Å². The maximum atomic E-state index is 12.6. The minimum atomic E-state index is -3.70. The first-order chi connectivity index (χ1) is 17.1. The number of nitrogens with zero attached hydrogens (tertiary/aromatic N) is 2. The third kappa shape index (κ3) is 7.67. The van der Waals surface area contributed by atoms with Gasteiger partial charge in [0.05, 0.1) is 18.2 Å². The van der Waals surface area contributed by atoms with Crippen LogP contribution in [-0.2, 0) is 19.6 Å². The Morgan fingerprint density at radius 2 is 1.64 bits per heavy atom. The summed E-state index contributed by atoms with van der Waals surface area (Å²) < 4.78 is 31.1. The molecule has 0 aliphatic carbocycles. The number of hydrogen-bond acceptors (Lipinski definition) is 6. The zero-order valence-electron chi connectivity index (χ0n) is 20.2. The smallest absolute Gasteiger partial charge is 0.263 e. The molecule has 0 fully saturated rings. The maximum absolute atomic E-state index is 12.6. The second-order valence-corrected chi connectivity index (χ2v) is 9.94. The summed E-state index contributed by atoms with van der Waals surface area (Å²) in [5.74, 6) is -0.365. The summed E-state index contributed by atoms with van der Waals surface area (Å²) in [7, 11) is -3.70. The highest BCUT2D eigenvalue weighted by atomic mass is 32.2. The third-order valence-corrected chi connectivity index (χ3v) is 6.31. The van der Waals surface area contributed by atoms with E-state index in [-0.39, 0.29) is 12.5 Å². The number of hydrogen-bond donors (Lipinski definition) is 2. The molecule has 9 nitrogen and oxygen atoms in total. The molecular weight excluding hydrogens is 480 g/mol. The van der Waals surface area contributed by atoms with Crippen LogP contribution in [0.4, 0.5) is 11.4 Å². The van der Waals surface area contributed by atoms with E-state index in [1.807, 2.05) is 31.2 Å². The van der Waals surface area contributed by atoms with E-state index < -0.39 is 22.0 Å². The molecule has 0 radical (unpaired) electrons. The summed E-state index contributed by atoms with van der Waals surface area (Å²) in [6, 6.07) is 21.6. The molecular formula is C26H28N4O5S. The Morgan fingerprint density at radius 3 is 2.25 bits per heavy atom. The molecule has 0 aliphatic rings. The van der Waals surface area contributed by atoms with Crippen molar-refractivity contribution in [2.45, 2.75) is 19.9 Å². The number of sulfonamides is 1. The van der Waals surface area contributed by atoms with Crippen LogP contribution in [0.2, 0.25) is 0 Å². The van der Waals surface area contributed by atoms with E-state index in [4.69, 9.17) is 4.74 Å². The second kappa shape index (κ2) is 12.0.